The minimum atomic E-state index is 0.900. The van der Waals surface area contributed by atoms with Gasteiger partial charge in [0.1, 0.15) is 0 Å². The molecule has 0 aliphatic carbocycles. The average molecular weight is 257 g/mol. The first kappa shape index (κ1) is 13.8. The van der Waals surface area contributed by atoms with Crippen LogP contribution in [0.3, 0.4) is 0 Å². The Morgan fingerprint density at radius 2 is 2.00 bits per heavy atom. The quantitative estimate of drug-likeness (QED) is 0.833. The summed E-state index contributed by atoms with van der Waals surface area (Å²) < 4.78 is 2.05. The molecule has 0 spiro atoms. The fraction of sp³-hybridized carbons (Fsp3) is 0.438. The molecule has 3 nitrogen and oxygen atoms in total. The van der Waals surface area contributed by atoms with Gasteiger partial charge in [0.25, 0.3) is 0 Å². The van der Waals surface area contributed by atoms with Crippen LogP contribution in [0.1, 0.15) is 35.9 Å². The van der Waals surface area contributed by atoms with Gasteiger partial charge in [0.15, 0.2) is 0 Å². The van der Waals surface area contributed by atoms with Gasteiger partial charge in [0, 0.05) is 17.8 Å². The first-order chi connectivity index (χ1) is 9.13. The van der Waals surface area contributed by atoms with Crippen LogP contribution in [0.25, 0.3) is 5.69 Å². The van der Waals surface area contributed by atoms with E-state index < -0.39 is 0 Å². The number of nitrogens with one attached hydrogen (secondary N) is 1. The molecule has 0 unspecified atom stereocenters. The Balaban J connectivity index is 2.30. The van der Waals surface area contributed by atoms with Crippen LogP contribution in [0, 0.1) is 20.8 Å². The molecule has 2 aromatic rings. The lowest BCUT2D eigenvalue weighted by Gasteiger charge is -2.07. The monoisotopic (exact) mass is 257 g/mol. The Labute approximate surface area is 115 Å². The maximum atomic E-state index is 4.68. The van der Waals surface area contributed by atoms with E-state index in [4.69, 9.17) is 0 Å². The first-order valence-corrected chi connectivity index (χ1v) is 6.96. The second kappa shape index (κ2) is 6.02. The summed E-state index contributed by atoms with van der Waals surface area (Å²) in [5.41, 5.74) is 6.06. The van der Waals surface area contributed by atoms with E-state index in [0.717, 1.165) is 30.9 Å². The Morgan fingerprint density at radius 3 is 2.68 bits per heavy atom. The number of hydrogen-bond acceptors (Lipinski definition) is 2. The fourth-order valence-electron chi connectivity index (χ4n) is 2.33. The molecule has 3 heteroatoms. The van der Waals surface area contributed by atoms with Crippen molar-refractivity contribution in [3.8, 4) is 5.69 Å². The second-order valence-electron chi connectivity index (χ2n) is 5.08. The van der Waals surface area contributed by atoms with Gasteiger partial charge in [-0.2, -0.15) is 5.10 Å². The van der Waals surface area contributed by atoms with Crippen LogP contribution in [0.2, 0.25) is 0 Å². The fourth-order valence-corrected chi connectivity index (χ4v) is 2.33. The lowest BCUT2D eigenvalue weighted by molar-refractivity contribution is 0.670. The van der Waals surface area contributed by atoms with Crippen LogP contribution < -0.4 is 5.32 Å². The Kier molecular flexibility index (Phi) is 4.38. The molecule has 1 heterocycles. The van der Waals surface area contributed by atoms with Crippen molar-refractivity contribution in [2.75, 3.05) is 6.54 Å². The van der Waals surface area contributed by atoms with E-state index in [2.05, 4.69) is 62.4 Å². The Morgan fingerprint density at radius 1 is 1.21 bits per heavy atom. The Bertz CT molecular complexity index is 555. The van der Waals surface area contributed by atoms with Gasteiger partial charge in [-0.15, -0.1) is 0 Å². The van der Waals surface area contributed by atoms with Crippen molar-refractivity contribution in [3.05, 3.63) is 46.8 Å². The predicted molar refractivity (Wildman–Crippen MR) is 79.8 cm³/mol. The standard InChI is InChI=1S/C16H23N3/c1-5-9-17-11-16-13(3)18-19(14(16)4)15-8-6-7-12(2)10-15/h6-8,10,17H,5,9,11H2,1-4H3. The number of hydrogen-bond donors (Lipinski definition) is 1. The number of rotatable bonds is 5. The highest BCUT2D eigenvalue weighted by molar-refractivity contribution is 5.39. The molecule has 0 fully saturated rings. The second-order valence-corrected chi connectivity index (χ2v) is 5.08. The molecule has 0 saturated heterocycles. The molecule has 0 aliphatic heterocycles. The summed E-state index contributed by atoms with van der Waals surface area (Å²) >= 11 is 0. The van der Waals surface area contributed by atoms with Crippen LogP contribution in [0.5, 0.6) is 0 Å². The van der Waals surface area contributed by atoms with Gasteiger partial charge in [0.05, 0.1) is 11.4 Å². The highest BCUT2D eigenvalue weighted by atomic mass is 15.3. The molecule has 1 aromatic carbocycles. The lowest BCUT2D eigenvalue weighted by Crippen LogP contribution is -2.15. The van der Waals surface area contributed by atoms with Gasteiger partial charge >= 0.3 is 0 Å². The van der Waals surface area contributed by atoms with Crippen molar-refractivity contribution in [2.45, 2.75) is 40.7 Å². The van der Waals surface area contributed by atoms with E-state index in [1.54, 1.807) is 0 Å². The molecular formula is C16H23N3. The van der Waals surface area contributed by atoms with Gasteiger partial charge in [-0.05, 0) is 51.4 Å². The average Bonchev–Trinajstić information content (AvgIpc) is 2.67. The maximum absolute atomic E-state index is 4.68. The minimum Gasteiger partial charge on any atom is -0.313 e. The van der Waals surface area contributed by atoms with Crippen molar-refractivity contribution >= 4 is 0 Å². The summed E-state index contributed by atoms with van der Waals surface area (Å²) in [5, 5.41) is 8.13. The molecule has 2 rings (SSSR count). The molecule has 0 saturated carbocycles. The molecule has 0 atom stereocenters. The molecule has 1 N–H and O–H groups in total. The summed E-state index contributed by atoms with van der Waals surface area (Å²) in [5.74, 6) is 0. The first-order valence-electron chi connectivity index (χ1n) is 6.96. The molecule has 0 radical (unpaired) electrons. The van der Waals surface area contributed by atoms with Crippen molar-refractivity contribution in [1.29, 1.82) is 0 Å². The topological polar surface area (TPSA) is 29.9 Å². The Hall–Kier alpha value is -1.61. The number of aryl methyl sites for hydroxylation is 2. The van der Waals surface area contributed by atoms with Gasteiger partial charge in [-0.25, -0.2) is 4.68 Å². The normalized spacial score (nSPS) is 10.9. The third-order valence-corrected chi connectivity index (χ3v) is 3.42. The molecule has 1 aromatic heterocycles. The molecule has 19 heavy (non-hydrogen) atoms. The van der Waals surface area contributed by atoms with Crippen LogP contribution in [-0.4, -0.2) is 16.3 Å². The van der Waals surface area contributed by atoms with Gasteiger partial charge in [-0.1, -0.05) is 19.1 Å². The molecule has 0 amide bonds. The van der Waals surface area contributed by atoms with Crippen molar-refractivity contribution in [3.63, 3.8) is 0 Å². The SMILES string of the molecule is CCCNCc1c(C)nn(-c2cccc(C)c2)c1C. The number of aromatic nitrogens is 2. The lowest BCUT2D eigenvalue weighted by atomic mass is 10.2. The van der Waals surface area contributed by atoms with Crippen LogP contribution >= 0.6 is 0 Å². The van der Waals surface area contributed by atoms with Crippen molar-refractivity contribution < 1.29 is 0 Å². The molecule has 102 valence electrons. The summed E-state index contributed by atoms with van der Waals surface area (Å²) in [6.07, 6.45) is 1.16. The summed E-state index contributed by atoms with van der Waals surface area (Å²) in [4.78, 5) is 0. The van der Waals surface area contributed by atoms with E-state index in [1.807, 2.05) is 4.68 Å². The zero-order valence-electron chi connectivity index (χ0n) is 12.3. The van der Waals surface area contributed by atoms with Crippen molar-refractivity contribution in [2.24, 2.45) is 0 Å². The van der Waals surface area contributed by atoms with Crippen molar-refractivity contribution in [1.82, 2.24) is 15.1 Å². The summed E-state index contributed by atoms with van der Waals surface area (Å²) in [6.45, 7) is 10.5. The van der Waals surface area contributed by atoms with E-state index in [0.29, 0.717) is 0 Å². The van der Waals surface area contributed by atoms with Crippen LogP contribution in [0.4, 0.5) is 0 Å². The largest absolute Gasteiger partial charge is 0.313 e. The number of nitrogens with zero attached hydrogens (tertiary/aromatic N) is 2. The van der Waals surface area contributed by atoms with E-state index in [-0.39, 0.29) is 0 Å². The highest BCUT2D eigenvalue weighted by Gasteiger charge is 2.12. The zero-order chi connectivity index (χ0) is 13.8. The van der Waals surface area contributed by atoms with E-state index in [9.17, 15) is 0 Å². The van der Waals surface area contributed by atoms with Crippen LogP contribution in [-0.2, 0) is 6.54 Å². The molecular weight excluding hydrogens is 234 g/mol. The summed E-state index contributed by atoms with van der Waals surface area (Å²) in [7, 11) is 0. The smallest absolute Gasteiger partial charge is 0.0651 e. The summed E-state index contributed by atoms with van der Waals surface area (Å²) in [6, 6.07) is 8.47. The third-order valence-electron chi connectivity index (χ3n) is 3.42. The van der Waals surface area contributed by atoms with Gasteiger partial charge in [-0.3, -0.25) is 0 Å². The third kappa shape index (κ3) is 3.04. The maximum Gasteiger partial charge on any atom is 0.0651 e. The van der Waals surface area contributed by atoms with Crippen LogP contribution in [0.15, 0.2) is 24.3 Å². The zero-order valence-corrected chi connectivity index (χ0v) is 12.3. The molecule has 0 bridgehead atoms. The number of benzene rings is 1. The van der Waals surface area contributed by atoms with Gasteiger partial charge in [0.2, 0.25) is 0 Å². The van der Waals surface area contributed by atoms with Gasteiger partial charge < -0.3 is 5.32 Å². The van der Waals surface area contributed by atoms with E-state index >= 15 is 0 Å². The minimum absolute atomic E-state index is 0.900. The highest BCUT2D eigenvalue weighted by Crippen LogP contribution is 2.18. The van der Waals surface area contributed by atoms with E-state index in [1.165, 1.54) is 16.8 Å². The molecule has 0 aliphatic rings. The predicted octanol–water partition coefficient (Wildman–Crippen LogP) is 3.30.